The van der Waals surface area contributed by atoms with Gasteiger partial charge >= 0.3 is 0 Å². The molecule has 12 heteroatoms. The Morgan fingerprint density at radius 1 is 1.07 bits per heavy atom. The molecule has 0 spiro atoms. The van der Waals surface area contributed by atoms with E-state index in [1.165, 1.54) is 25.1 Å². The molecule has 1 aromatic carbocycles. The van der Waals surface area contributed by atoms with Gasteiger partial charge in [0.2, 0.25) is 11.8 Å². The molecular weight excluding hydrogens is 532 g/mol. The number of hydrogen-bond donors (Lipinski definition) is 4. The Kier molecular flexibility index (Phi) is 7.19. The van der Waals surface area contributed by atoms with E-state index in [4.69, 9.17) is 5.73 Å². The number of Topliss-reactive ketones (excluding diaryl/α,β-unsaturated/α-hetero) is 4. The number of primary amides is 1. The van der Waals surface area contributed by atoms with Crippen molar-refractivity contribution in [1.82, 2.24) is 10.2 Å². The summed E-state index contributed by atoms with van der Waals surface area (Å²) in [5, 5.41) is 25.6. The monoisotopic (exact) mass is 570 g/mol. The van der Waals surface area contributed by atoms with Gasteiger partial charge in [-0.1, -0.05) is 20.8 Å². The Bertz CT molecular complexity index is 1380. The highest BCUT2D eigenvalue weighted by Crippen LogP contribution is 2.57. The molecule has 2 fully saturated rings. The van der Waals surface area contributed by atoms with Gasteiger partial charge < -0.3 is 26.2 Å². The number of phenols is 1. The topological polar surface area (TPSA) is 187 Å². The molecule has 222 valence electrons. The van der Waals surface area contributed by atoms with Crippen LogP contribution in [0, 0.1) is 28.6 Å². The molecule has 0 aromatic heterocycles. The number of aromatic hydroxyl groups is 1. The highest BCUT2D eigenvalue weighted by atomic mass is 16.3. The molecule has 4 rings (SSSR count). The normalized spacial score (nSPS) is 31.3. The van der Waals surface area contributed by atoms with Gasteiger partial charge in [-0.05, 0) is 44.6 Å². The molecule has 12 nitrogen and oxygen atoms in total. The van der Waals surface area contributed by atoms with Crippen LogP contribution in [0.2, 0.25) is 0 Å². The number of rotatable bonds is 5. The molecule has 1 aromatic rings. The lowest BCUT2D eigenvalue weighted by atomic mass is 9.46. The molecule has 41 heavy (non-hydrogen) atoms. The van der Waals surface area contributed by atoms with E-state index in [0.717, 1.165) is 0 Å². The van der Waals surface area contributed by atoms with Crippen molar-refractivity contribution >= 4 is 40.6 Å². The smallest absolute Gasteiger partial charge is 0.235 e. The van der Waals surface area contributed by atoms with Crippen molar-refractivity contribution < 1.29 is 39.0 Å². The van der Waals surface area contributed by atoms with Gasteiger partial charge in [0.05, 0.1) is 17.5 Å². The minimum Gasteiger partial charge on any atom is -0.507 e. The summed E-state index contributed by atoms with van der Waals surface area (Å²) in [6, 6.07) is 1.71. The van der Waals surface area contributed by atoms with Gasteiger partial charge in [0.25, 0.3) is 0 Å². The van der Waals surface area contributed by atoms with E-state index >= 15 is 0 Å². The Hall–Kier alpha value is -3.64. The molecule has 0 radical (unpaired) electrons. The Balaban J connectivity index is 1.99. The quantitative estimate of drug-likeness (QED) is 0.335. The summed E-state index contributed by atoms with van der Waals surface area (Å²) >= 11 is 0. The summed E-state index contributed by atoms with van der Waals surface area (Å²) in [5.74, 6) is -11.2. The van der Waals surface area contributed by atoms with Crippen molar-refractivity contribution in [2.24, 2.45) is 34.3 Å². The maximum Gasteiger partial charge on any atom is 0.235 e. The van der Waals surface area contributed by atoms with Crippen LogP contribution in [0.1, 0.15) is 43.1 Å². The van der Waals surface area contributed by atoms with Gasteiger partial charge in [-0.3, -0.25) is 33.7 Å². The van der Waals surface area contributed by atoms with Gasteiger partial charge in [0.15, 0.2) is 34.7 Å². The fourth-order valence-electron chi connectivity index (χ4n) is 6.95. The predicted octanol–water partition coefficient (Wildman–Crippen LogP) is -0.534. The molecule has 2 saturated carbocycles. The van der Waals surface area contributed by atoms with Crippen LogP contribution in [0.5, 0.6) is 5.75 Å². The largest absolute Gasteiger partial charge is 0.507 e. The van der Waals surface area contributed by atoms with Gasteiger partial charge in [0, 0.05) is 43.1 Å². The molecular formula is C29H38N4O8. The standard InChI is InChI=1S/C29H38N4O8/c1-27(2,3)26(40)31-12-28-10-13-15(32(4)5)8-9-16(34)17(13)21(35)19(28)24(38)29(41)14(11-28)20(33(6)7)22(36)18(23(29)37)25(30)39/h8-9,14,18-20,34,41H,10-12H2,1-7H3,(H2,30,39)(H,31,40)/t14-,18?,19?,20-,28-,29+/m0/s1. The average Bonchev–Trinajstić information content (AvgIpc) is 2.83. The van der Waals surface area contributed by atoms with Crippen LogP contribution in [-0.4, -0.2) is 96.4 Å². The maximum absolute atomic E-state index is 14.4. The zero-order valence-corrected chi connectivity index (χ0v) is 24.4. The number of nitrogens with zero attached hydrogens (tertiary/aromatic N) is 2. The lowest BCUT2D eigenvalue weighted by Gasteiger charge is -2.57. The minimum absolute atomic E-state index is 0.0190. The number of fused-ring (bicyclic) bond motifs is 3. The van der Waals surface area contributed by atoms with E-state index in [1.54, 1.807) is 45.8 Å². The lowest BCUT2D eigenvalue weighted by Crippen LogP contribution is -2.76. The van der Waals surface area contributed by atoms with Gasteiger partial charge in [-0.25, -0.2) is 0 Å². The minimum atomic E-state index is -2.87. The number of aliphatic hydroxyl groups is 1. The van der Waals surface area contributed by atoms with Crippen molar-refractivity contribution in [2.75, 3.05) is 39.6 Å². The van der Waals surface area contributed by atoms with Gasteiger partial charge in [-0.15, -0.1) is 0 Å². The van der Waals surface area contributed by atoms with Gasteiger partial charge in [-0.2, -0.15) is 0 Å². The first kappa shape index (κ1) is 30.3. The molecule has 5 N–H and O–H groups in total. The van der Waals surface area contributed by atoms with Crippen LogP contribution in [0.15, 0.2) is 12.1 Å². The molecule has 0 heterocycles. The van der Waals surface area contributed by atoms with E-state index < -0.39 is 69.3 Å². The second kappa shape index (κ2) is 9.73. The van der Waals surface area contributed by atoms with Gasteiger partial charge in [0.1, 0.15) is 5.75 Å². The summed E-state index contributed by atoms with van der Waals surface area (Å²) in [6.45, 7) is 4.93. The molecule has 6 atom stereocenters. The highest BCUT2D eigenvalue weighted by molar-refractivity contribution is 6.32. The van der Waals surface area contributed by atoms with E-state index in [0.29, 0.717) is 11.3 Å². The summed E-state index contributed by atoms with van der Waals surface area (Å²) in [4.78, 5) is 84.1. The van der Waals surface area contributed by atoms with Crippen LogP contribution in [0.4, 0.5) is 5.69 Å². The number of nitrogens with one attached hydrogen (secondary N) is 1. The third kappa shape index (κ3) is 4.35. The highest BCUT2D eigenvalue weighted by Gasteiger charge is 2.72. The number of phenolic OH excluding ortho intramolecular Hbond substituents is 1. The van der Waals surface area contributed by atoms with E-state index in [-0.39, 0.29) is 36.6 Å². The Labute approximate surface area is 238 Å². The first-order chi connectivity index (χ1) is 18.8. The lowest BCUT2D eigenvalue weighted by molar-refractivity contribution is -0.186. The number of amides is 2. The average molecular weight is 571 g/mol. The number of nitrogens with two attached hydrogens (primary N) is 1. The second-order valence-electron chi connectivity index (χ2n) is 13.1. The zero-order valence-electron chi connectivity index (χ0n) is 24.4. The van der Waals surface area contributed by atoms with Crippen molar-refractivity contribution in [3.05, 3.63) is 23.3 Å². The van der Waals surface area contributed by atoms with E-state index in [9.17, 15) is 39.0 Å². The summed E-state index contributed by atoms with van der Waals surface area (Å²) in [7, 11) is 6.55. The van der Waals surface area contributed by atoms with E-state index in [1.807, 2.05) is 0 Å². The molecule has 3 aliphatic rings. The van der Waals surface area contributed by atoms with E-state index in [2.05, 4.69) is 5.32 Å². The third-order valence-corrected chi connectivity index (χ3v) is 8.92. The molecule has 2 amide bonds. The van der Waals surface area contributed by atoms with Crippen molar-refractivity contribution in [3.8, 4) is 5.75 Å². The summed E-state index contributed by atoms with van der Waals surface area (Å²) < 4.78 is 0. The number of carbonyl (C=O) groups excluding carboxylic acids is 6. The molecule has 0 bridgehead atoms. The molecule has 0 aliphatic heterocycles. The Morgan fingerprint density at radius 2 is 1.68 bits per heavy atom. The number of likely N-dealkylation sites (N-methyl/N-ethyl adjacent to an activating group) is 1. The molecule has 3 aliphatic carbocycles. The fourth-order valence-corrected chi connectivity index (χ4v) is 6.95. The Morgan fingerprint density at radius 3 is 2.20 bits per heavy atom. The predicted molar refractivity (Wildman–Crippen MR) is 147 cm³/mol. The summed E-state index contributed by atoms with van der Waals surface area (Å²) in [6.07, 6.45) is -0.172. The van der Waals surface area contributed by atoms with Crippen LogP contribution < -0.4 is 16.0 Å². The van der Waals surface area contributed by atoms with Crippen LogP contribution in [0.25, 0.3) is 0 Å². The fraction of sp³-hybridized carbons (Fsp3) is 0.586. The molecule has 0 saturated heterocycles. The van der Waals surface area contributed by atoms with Crippen molar-refractivity contribution in [2.45, 2.75) is 45.3 Å². The first-order valence-corrected chi connectivity index (χ1v) is 13.5. The molecule has 2 unspecified atom stereocenters. The van der Waals surface area contributed by atoms with Crippen LogP contribution in [-0.2, 0) is 30.4 Å². The number of benzene rings is 1. The third-order valence-electron chi connectivity index (χ3n) is 8.92. The SMILES string of the molecule is CN(C)c1ccc(O)c2c1C[C@@]1(CNC(=O)C(C)(C)C)C[C@H]3[C@H](N(C)C)C(=O)C(C(N)=O)C(=O)[C@@]3(O)C(=O)C1C2=O. The second-order valence-corrected chi connectivity index (χ2v) is 13.1. The number of carbonyl (C=O) groups is 6. The first-order valence-electron chi connectivity index (χ1n) is 13.5. The van der Waals surface area contributed by atoms with Crippen molar-refractivity contribution in [3.63, 3.8) is 0 Å². The summed E-state index contributed by atoms with van der Waals surface area (Å²) in [5.41, 5.74) is 1.29. The number of ketones is 4. The zero-order chi connectivity index (χ0) is 31.0. The van der Waals surface area contributed by atoms with Crippen LogP contribution in [0.3, 0.4) is 0 Å². The van der Waals surface area contributed by atoms with Crippen LogP contribution >= 0.6 is 0 Å². The number of anilines is 1. The van der Waals surface area contributed by atoms with Crippen molar-refractivity contribution in [1.29, 1.82) is 0 Å². The maximum atomic E-state index is 14.4. The number of hydrogen-bond acceptors (Lipinski definition) is 10.